The average Bonchev–Trinajstić information content (AvgIpc) is 2.89. The molecule has 0 radical (unpaired) electrons. The Labute approximate surface area is 199 Å². The minimum Gasteiger partial charge on any atom is -0.335 e. The number of rotatable bonds is 3. The second-order valence-corrected chi connectivity index (χ2v) is 8.29. The van der Waals surface area contributed by atoms with Gasteiger partial charge < -0.3 is 9.80 Å². The van der Waals surface area contributed by atoms with Gasteiger partial charge in [0.05, 0.1) is 16.8 Å². The molecule has 0 aliphatic carbocycles. The van der Waals surface area contributed by atoms with E-state index in [1.54, 1.807) is 23.1 Å². The van der Waals surface area contributed by atoms with Crippen LogP contribution in [-0.2, 0) is 0 Å². The van der Waals surface area contributed by atoms with Gasteiger partial charge >= 0.3 is 0 Å². The van der Waals surface area contributed by atoms with Crippen molar-refractivity contribution in [2.75, 3.05) is 26.2 Å². The number of hydrogen-bond acceptors (Lipinski definition) is 3. The fourth-order valence-corrected chi connectivity index (χ4v) is 4.22. The Kier molecular flexibility index (Phi) is 5.94. The molecule has 0 N–H and O–H groups in total. The standard InChI is InChI=1S/C27H20F3N3O2/c28-19-8-5-17(6-9-19)25-16-21(20-3-1-2-4-24(20)31-25)27(35)33-13-11-32(12-14-33)26(34)18-7-10-22(29)23(30)15-18/h1-10,15-16H,11-14H2. The molecule has 5 rings (SSSR count). The highest BCUT2D eigenvalue weighted by atomic mass is 19.2. The third kappa shape index (κ3) is 4.47. The van der Waals surface area contributed by atoms with Crippen molar-refractivity contribution in [3.8, 4) is 11.3 Å². The highest BCUT2D eigenvalue weighted by molar-refractivity contribution is 6.07. The number of nitrogens with zero attached hydrogens (tertiary/aromatic N) is 3. The van der Waals surface area contributed by atoms with Gasteiger partial charge in [0.1, 0.15) is 5.82 Å². The van der Waals surface area contributed by atoms with E-state index in [0.29, 0.717) is 27.7 Å². The summed E-state index contributed by atoms with van der Waals surface area (Å²) in [6.45, 7) is 1.10. The predicted molar refractivity (Wildman–Crippen MR) is 125 cm³/mol. The van der Waals surface area contributed by atoms with E-state index in [1.165, 1.54) is 23.1 Å². The van der Waals surface area contributed by atoms with Gasteiger partial charge in [-0.1, -0.05) is 18.2 Å². The first-order valence-corrected chi connectivity index (χ1v) is 11.1. The Morgan fingerprint density at radius 2 is 1.37 bits per heavy atom. The van der Waals surface area contributed by atoms with Crippen LogP contribution in [0.5, 0.6) is 0 Å². The lowest BCUT2D eigenvalue weighted by Gasteiger charge is -2.35. The molecule has 1 fully saturated rings. The summed E-state index contributed by atoms with van der Waals surface area (Å²) >= 11 is 0. The van der Waals surface area contributed by atoms with E-state index in [2.05, 4.69) is 4.98 Å². The van der Waals surface area contributed by atoms with Crippen molar-refractivity contribution in [3.05, 3.63) is 101 Å². The van der Waals surface area contributed by atoms with Gasteiger partial charge in [0, 0.05) is 42.7 Å². The Hall–Kier alpha value is -4.20. The van der Waals surface area contributed by atoms with Crippen LogP contribution in [0, 0.1) is 17.5 Å². The monoisotopic (exact) mass is 475 g/mol. The smallest absolute Gasteiger partial charge is 0.254 e. The van der Waals surface area contributed by atoms with Gasteiger partial charge in [-0.25, -0.2) is 18.2 Å². The number of hydrogen-bond donors (Lipinski definition) is 0. The third-order valence-electron chi connectivity index (χ3n) is 6.11. The van der Waals surface area contributed by atoms with Gasteiger partial charge in [0.2, 0.25) is 0 Å². The van der Waals surface area contributed by atoms with Crippen molar-refractivity contribution in [1.82, 2.24) is 14.8 Å². The van der Waals surface area contributed by atoms with E-state index in [-0.39, 0.29) is 43.5 Å². The van der Waals surface area contributed by atoms with Crippen LogP contribution in [0.25, 0.3) is 22.2 Å². The molecule has 5 nitrogen and oxygen atoms in total. The topological polar surface area (TPSA) is 53.5 Å². The largest absolute Gasteiger partial charge is 0.335 e. The van der Waals surface area contributed by atoms with Crippen LogP contribution in [0.1, 0.15) is 20.7 Å². The minimum atomic E-state index is -1.08. The summed E-state index contributed by atoms with van der Waals surface area (Å²) in [6, 6.07) is 18.0. The molecule has 0 atom stereocenters. The third-order valence-corrected chi connectivity index (χ3v) is 6.11. The molecule has 0 unspecified atom stereocenters. The number of carbonyl (C=O) groups is 2. The molecule has 0 spiro atoms. The van der Waals surface area contributed by atoms with Crippen molar-refractivity contribution < 1.29 is 22.8 Å². The molecule has 8 heteroatoms. The number of carbonyl (C=O) groups excluding carboxylic acids is 2. The summed E-state index contributed by atoms with van der Waals surface area (Å²) in [5, 5.41) is 0.698. The molecule has 1 saturated heterocycles. The van der Waals surface area contributed by atoms with Crippen LogP contribution >= 0.6 is 0 Å². The van der Waals surface area contributed by atoms with E-state index < -0.39 is 17.5 Å². The Bertz CT molecular complexity index is 1430. The van der Waals surface area contributed by atoms with Crippen LogP contribution in [-0.4, -0.2) is 52.8 Å². The molecule has 0 saturated carbocycles. The lowest BCUT2D eigenvalue weighted by molar-refractivity contribution is 0.0536. The second-order valence-electron chi connectivity index (χ2n) is 8.29. The lowest BCUT2D eigenvalue weighted by atomic mass is 10.0. The van der Waals surface area contributed by atoms with Crippen molar-refractivity contribution >= 4 is 22.7 Å². The molecule has 1 aliphatic heterocycles. The summed E-state index contributed by atoms with van der Waals surface area (Å²) < 4.78 is 40.1. The number of halogens is 3. The second kappa shape index (κ2) is 9.21. The number of aromatic nitrogens is 1. The molecule has 2 heterocycles. The Morgan fingerprint density at radius 1 is 0.714 bits per heavy atom. The number of piperazine rings is 1. The summed E-state index contributed by atoms with van der Waals surface area (Å²) in [7, 11) is 0. The molecule has 4 aromatic rings. The summed E-state index contributed by atoms with van der Waals surface area (Å²) in [4.78, 5) is 34.1. The molecule has 3 aromatic carbocycles. The summed E-state index contributed by atoms with van der Waals surface area (Å²) in [6.07, 6.45) is 0. The van der Waals surface area contributed by atoms with Crippen LogP contribution in [0.15, 0.2) is 72.8 Å². The Morgan fingerprint density at radius 3 is 2.06 bits per heavy atom. The molecule has 176 valence electrons. The van der Waals surface area contributed by atoms with Gasteiger partial charge in [-0.15, -0.1) is 0 Å². The molecule has 1 aliphatic rings. The highest BCUT2D eigenvalue weighted by Crippen LogP contribution is 2.26. The number of fused-ring (bicyclic) bond motifs is 1. The van der Waals surface area contributed by atoms with Crippen molar-refractivity contribution in [2.24, 2.45) is 0 Å². The zero-order valence-corrected chi connectivity index (χ0v) is 18.5. The first-order chi connectivity index (χ1) is 16.9. The maximum Gasteiger partial charge on any atom is 0.254 e. The van der Waals surface area contributed by atoms with Gasteiger partial charge in [0.25, 0.3) is 11.8 Å². The zero-order valence-electron chi connectivity index (χ0n) is 18.5. The van der Waals surface area contributed by atoms with Gasteiger partial charge in [-0.3, -0.25) is 9.59 Å². The molecular formula is C27H20F3N3O2. The van der Waals surface area contributed by atoms with E-state index >= 15 is 0 Å². The quantitative estimate of drug-likeness (QED) is 0.423. The zero-order chi connectivity index (χ0) is 24.5. The van der Waals surface area contributed by atoms with Gasteiger partial charge in [-0.05, 0) is 54.6 Å². The van der Waals surface area contributed by atoms with E-state index in [4.69, 9.17) is 0 Å². The van der Waals surface area contributed by atoms with Crippen molar-refractivity contribution in [1.29, 1.82) is 0 Å². The SMILES string of the molecule is O=C(c1ccc(F)c(F)c1)N1CCN(C(=O)c2cc(-c3ccc(F)cc3)nc3ccccc23)CC1. The van der Waals surface area contributed by atoms with Crippen LogP contribution in [0.2, 0.25) is 0 Å². The van der Waals surface area contributed by atoms with Gasteiger partial charge in [-0.2, -0.15) is 0 Å². The fourth-order valence-electron chi connectivity index (χ4n) is 4.22. The van der Waals surface area contributed by atoms with Crippen molar-refractivity contribution in [3.63, 3.8) is 0 Å². The minimum absolute atomic E-state index is 0.0627. The van der Waals surface area contributed by atoms with Crippen LogP contribution in [0.4, 0.5) is 13.2 Å². The van der Waals surface area contributed by atoms with Crippen molar-refractivity contribution in [2.45, 2.75) is 0 Å². The van der Waals surface area contributed by atoms with E-state index in [0.717, 1.165) is 12.1 Å². The lowest BCUT2D eigenvalue weighted by Crippen LogP contribution is -2.50. The normalized spacial score (nSPS) is 13.8. The number of pyridine rings is 1. The first kappa shape index (κ1) is 22.6. The molecule has 0 bridgehead atoms. The van der Waals surface area contributed by atoms with Gasteiger partial charge in [0.15, 0.2) is 11.6 Å². The van der Waals surface area contributed by atoms with Crippen LogP contribution in [0.3, 0.4) is 0 Å². The maximum atomic E-state index is 13.5. The Balaban J connectivity index is 1.38. The summed E-state index contributed by atoms with van der Waals surface area (Å²) in [5.41, 5.74) is 2.42. The highest BCUT2D eigenvalue weighted by Gasteiger charge is 2.27. The van der Waals surface area contributed by atoms with E-state index in [1.807, 2.05) is 24.3 Å². The summed E-state index contributed by atoms with van der Waals surface area (Å²) in [5.74, 6) is -3.06. The predicted octanol–water partition coefficient (Wildman–Crippen LogP) is 4.92. The number of benzene rings is 3. The first-order valence-electron chi connectivity index (χ1n) is 11.1. The molecule has 1 aromatic heterocycles. The van der Waals surface area contributed by atoms with E-state index in [9.17, 15) is 22.8 Å². The number of para-hydroxylation sites is 1. The maximum absolute atomic E-state index is 13.5. The van der Waals surface area contributed by atoms with Crippen LogP contribution < -0.4 is 0 Å². The number of amides is 2. The molecule has 35 heavy (non-hydrogen) atoms. The average molecular weight is 475 g/mol. The molecule has 2 amide bonds. The molecular weight excluding hydrogens is 455 g/mol. The fraction of sp³-hybridized carbons (Fsp3) is 0.148.